The first kappa shape index (κ1) is 34.0. The Balaban J connectivity index is 1.91. The molecule has 0 aromatic rings. The lowest BCUT2D eigenvalue weighted by atomic mass is 9.61. The van der Waals surface area contributed by atoms with E-state index in [9.17, 15) is 5.11 Å². The Morgan fingerprint density at radius 3 is 1.95 bits per heavy atom. The average Bonchev–Trinajstić information content (AvgIpc) is 3.16. The van der Waals surface area contributed by atoms with Gasteiger partial charge in [0.15, 0.2) is 16.6 Å². The molecule has 0 aromatic heterocycles. The van der Waals surface area contributed by atoms with E-state index in [2.05, 4.69) is 100 Å². The third-order valence-electron chi connectivity index (χ3n) is 12.1. The molecule has 230 valence electrons. The fourth-order valence-corrected chi connectivity index (χ4v) is 9.91. The van der Waals surface area contributed by atoms with Crippen LogP contribution in [0.5, 0.6) is 0 Å². The van der Waals surface area contributed by atoms with Crippen molar-refractivity contribution in [1.82, 2.24) is 0 Å². The van der Waals surface area contributed by atoms with Crippen molar-refractivity contribution in [3.63, 3.8) is 0 Å². The fraction of sp³-hybridized carbons (Fsp3) is 0.829. The molecule has 3 fully saturated rings. The predicted molar refractivity (Wildman–Crippen MR) is 178 cm³/mol. The summed E-state index contributed by atoms with van der Waals surface area (Å²) in [5.41, 5.74) is 4.65. The first-order valence-electron chi connectivity index (χ1n) is 16.3. The summed E-state index contributed by atoms with van der Waals surface area (Å²) in [6, 6.07) is 0. The minimum atomic E-state index is -1.96. The molecule has 5 heteroatoms. The van der Waals surface area contributed by atoms with Crippen LogP contribution in [0.15, 0.2) is 35.5 Å². The second kappa shape index (κ2) is 12.3. The molecule has 1 N–H and O–H groups in total. The van der Waals surface area contributed by atoms with Crippen LogP contribution in [0.25, 0.3) is 0 Å². The van der Waals surface area contributed by atoms with E-state index < -0.39 is 16.6 Å². The molecule has 3 aliphatic rings. The zero-order valence-electron chi connectivity index (χ0n) is 28.4. The average molecular weight is 589 g/mol. The van der Waals surface area contributed by atoms with E-state index in [0.717, 1.165) is 30.8 Å². The molecule has 3 aliphatic carbocycles. The summed E-state index contributed by atoms with van der Waals surface area (Å²) in [6.45, 7) is 33.3. The van der Waals surface area contributed by atoms with Gasteiger partial charge in [0.25, 0.3) is 0 Å². The third kappa shape index (κ3) is 7.18. The maximum absolute atomic E-state index is 9.61. The van der Waals surface area contributed by atoms with Gasteiger partial charge in [-0.3, -0.25) is 0 Å². The summed E-state index contributed by atoms with van der Waals surface area (Å²) in [5, 5.41) is 9.92. The Morgan fingerprint density at radius 2 is 1.48 bits per heavy atom. The highest BCUT2D eigenvalue weighted by Gasteiger charge is 2.50. The lowest BCUT2D eigenvalue weighted by molar-refractivity contribution is 0.0857. The first-order chi connectivity index (χ1) is 18.2. The van der Waals surface area contributed by atoms with E-state index in [4.69, 9.17) is 8.85 Å². The molecule has 0 aliphatic heterocycles. The van der Waals surface area contributed by atoms with Crippen LogP contribution in [0.4, 0.5) is 0 Å². The lowest BCUT2D eigenvalue weighted by Gasteiger charge is -2.46. The van der Waals surface area contributed by atoms with Crippen molar-refractivity contribution >= 4 is 16.6 Å². The molecule has 0 spiro atoms. The SMILES string of the molecule is C=C1[C@H](O[Si](C)(C)C(C)(C)C)CC(=CC=C2CCC[C@]3(C)[C@@H]([C@H](C)CCO)CC[C@@H]23)C[C@H]1O[Si](C)(C)C(C)(C)C. The molecule has 0 amide bonds. The quantitative estimate of drug-likeness (QED) is 0.226. The smallest absolute Gasteiger partial charge is 0.192 e. The number of rotatable bonds is 8. The standard InChI is InChI=1S/C35H64O3Si2/c1-25(20-22-36)29-18-19-30-28(15-14-21-35(29,30)9)17-16-27-23-31(37-39(10,11)33(3,4)5)26(2)32(24-27)38-40(12,13)34(6,7)8/h16-17,25,29-32,36H,2,14-15,18-24H2,1,3-13H3/t25-,29-,30+,31-,32-,35-/m1/s1. The van der Waals surface area contributed by atoms with Crippen LogP contribution in [0, 0.1) is 23.2 Å². The normalized spacial score (nSPS) is 32.4. The van der Waals surface area contributed by atoms with Crippen molar-refractivity contribution in [3.8, 4) is 0 Å². The maximum atomic E-state index is 9.61. The topological polar surface area (TPSA) is 38.7 Å². The Labute approximate surface area is 250 Å². The van der Waals surface area contributed by atoms with Gasteiger partial charge in [-0.25, -0.2) is 0 Å². The second-order valence-electron chi connectivity index (χ2n) is 16.9. The van der Waals surface area contributed by atoms with Crippen molar-refractivity contribution in [2.75, 3.05) is 6.61 Å². The van der Waals surface area contributed by atoms with Gasteiger partial charge in [0.2, 0.25) is 0 Å². The van der Waals surface area contributed by atoms with Gasteiger partial charge < -0.3 is 14.0 Å². The Hall–Kier alpha value is -0.466. The number of aliphatic hydroxyl groups is 1. The molecule has 3 nitrogen and oxygen atoms in total. The van der Waals surface area contributed by atoms with Crippen LogP contribution in [-0.4, -0.2) is 40.6 Å². The molecular formula is C35H64O3Si2. The van der Waals surface area contributed by atoms with Gasteiger partial charge in [0.05, 0.1) is 12.2 Å². The highest BCUT2D eigenvalue weighted by Crippen LogP contribution is 2.59. The van der Waals surface area contributed by atoms with Crippen LogP contribution >= 0.6 is 0 Å². The summed E-state index contributed by atoms with van der Waals surface area (Å²) in [6.07, 6.45) is 14.3. The molecule has 0 aromatic carbocycles. The molecule has 0 saturated heterocycles. The lowest BCUT2D eigenvalue weighted by Crippen LogP contribution is -2.49. The predicted octanol–water partition coefficient (Wildman–Crippen LogP) is 10.2. The van der Waals surface area contributed by atoms with E-state index in [1.165, 1.54) is 37.7 Å². The van der Waals surface area contributed by atoms with Gasteiger partial charge >= 0.3 is 0 Å². The highest BCUT2D eigenvalue weighted by atomic mass is 28.4. The van der Waals surface area contributed by atoms with Crippen molar-refractivity contribution in [3.05, 3.63) is 35.5 Å². The molecule has 3 saturated carbocycles. The first-order valence-corrected chi connectivity index (χ1v) is 22.1. The van der Waals surface area contributed by atoms with Crippen LogP contribution in [0.2, 0.25) is 36.3 Å². The Morgan fingerprint density at radius 1 is 0.950 bits per heavy atom. The zero-order valence-corrected chi connectivity index (χ0v) is 30.4. The minimum absolute atomic E-state index is 0.0286. The van der Waals surface area contributed by atoms with E-state index >= 15 is 0 Å². The fourth-order valence-electron chi connectivity index (χ4n) is 7.31. The molecule has 0 unspecified atom stereocenters. The Kier molecular flexibility index (Phi) is 10.4. The number of hydrogen-bond donors (Lipinski definition) is 1. The molecule has 3 rings (SSSR count). The summed E-state index contributed by atoms with van der Waals surface area (Å²) in [5.74, 6) is 2.01. The van der Waals surface area contributed by atoms with Crippen molar-refractivity contribution < 1.29 is 14.0 Å². The minimum Gasteiger partial charge on any atom is -0.410 e. The van der Waals surface area contributed by atoms with Gasteiger partial charge in [0, 0.05) is 6.61 Å². The Bertz CT molecular complexity index is 922. The largest absolute Gasteiger partial charge is 0.410 e. The van der Waals surface area contributed by atoms with E-state index in [0.29, 0.717) is 23.9 Å². The van der Waals surface area contributed by atoms with Crippen molar-refractivity contribution in [1.29, 1.82) is 0 Å². The van der Waals surface area contributed by atoms with Gasteiger partial charge in [-0.05, 0) is 116 Å². The van der Waals surface area contributed by atoms with Gasteiger partial charge in [0.1, 0.15) is 0 Å². The summed E-state index contributed by atoms with van der Waals surface area (Å²) >= 11 is 0. The zero-order chi connectivity index (χ0) is 30.3. The maximum Gasteiger partial charge on any atom is 0.192 e. The van der Waals surface area contributed by atoms with Crippen molar-refractivity contribution in [2.24, 2.45) is 23.2 Å². The summed E-state index contributed by atoms with van der Waals surface area (Å²) in [7, 11) is -3.92. The van der Waals surface area contributed by atoms with E-state index in [1.807, 2.05) is 0 Å². The monoisotopic (exact) mass is 588 g/mol. The summed E-state index contributed by atoms with van der Waals surface area (Å²) in [4.78, 5) is 0. The number of hydrogen-bond acceptors (Lipinski definition) is 3. The highest BCUT2D eigenvalue weighted by molar-refractivity contribution is 6.74. The number of allylic oxidation sites excluding steroid dienone is 3. The van der Waals surface area contributed by atoms with Crippen LogP contribution in [0.1, 0.15) is 107 Å². The van der Waals surface area contributed by atoms with Crippen LogP contribution in [0.3, 0.4) is 0 Å². The van der Waals surface area contributed by atoms with E-state index in [-0.39, 0.29) is 22.3 Å². The van der Waals surface area contributed by atoms with Gasteiger partial charge in [-0.1, -0.05) is 85.3 Å². The number of aliphatic hydroxyl groups excluding tert-OH is 1. The van der Waals surface area contributed by atoms with Crippen LogP contribution in [-0.2, 0) is 8.85 Å². The molecule has 6 atom stereocenters. The molecule has 0 bridgehead atoms. The van der Waals surface area contributed by atoms with E-state index in [1.54, 1.807) is 5.57 Å². The van der Waals surface area contributed by atoms with Gasteiger partial charge in [-0.15, -0.1) is 0 Å². The third-order valence-corrected chi connectivity index (χ3v) is 21.0. The molecular weight excluding hydrogens is 525 g/mol. The number of fused-ring (bicyclic) bond motifs is 1. The molecule has 40 heavy (non-hydrogen) atoms. The molecule has 0 heterocycles. The molecule has 0 radical (unpaired) electrons. The van der Waals surface area contributed by atoms with Crippen molar-refractivity contribution in [2.45, 2.75) is 155 Å². The van der Waals surface area contributed by atoms with Gasteiger partial charge in [-0.2, -0.15) is 0 Å². The second-order valence-corrected chi connectivity index (χ2v) is 26.4. The van der Waals surface area contributed by atoms with Crippen LogP contribution < -0.4 is 0 Å². The summed E-state index contributed by atoms with van der Waals surface area (Å²) < 4.78 is 14.1.